The quantitative estimate of drug-likeness (QED) is 0.873. The van der Waals surface area contributed by atoms with Crippen molar-refractivity contribution in [2.75, 3.05) is 26.2 Å². The van der Waals surface area contributed by atoms with Crippen LogP contribution in [0.1, 0.15) is 33.0 Å². The Bertz CT molecular complexity index is 683. The van der Waals surface area contributed by atoms with Gasteiger partial charge in [-0.1, -0.05) is 30.3 Å². The highest BCUT2D eigenvalue weighted by atomic mass is 16.3. The minimum atomic E-state index is 0.108. The molecule has 0 N–H and O–H groups in total. The average Bonchev–Trinajstić information content (AvgIpc) is 2.81. The Kier molecular flexibility index (Phi) is 4.53. The molecule has 1 aliphatic heterocycles. The van der Waals surface area contributed by atoms with Gasteiger partial charge in [0, 0.05) is 38.3 Å². The number of rotatable bonds is 3. The molecule has 0 spiro atoms. The summed E-state index contributed by atoms with van der Waals surface area (Å²) in [7, 11) is 0. The monoisotopic (exact) mass is 312 g/mol. The van der Waals surface area contributed by atoms with Crippen LogP contribution in [-0.2, 0) is 6.54 Å². The number of hydrogen-bond donors (Lipinski definition) is 0. The summed E-state index contributed by atoms with van der Waals surface area (Å²) in [5, 5.41) is 0. The molecule has 122 valence electrons. The first kappa shape index (κ1) is 15.8. The van der Waals surface area contributed by atoms with Crippen molar-refractivity contribution in [3.8, 4) is 0 Å². The van der Waals surface area contributed by atoms with Crippen LogP contribution in [0.2, 0.25) is 0 Å². The second-order valence-corrected chi connectivity index (χ2v) is 6.27. The van der Waals surface area contributed by atoms with E-state index in [-0.39, 0.29) is 5.91 Å². The average molecular weight is 312 g/mol. The Morgan fingerprint density at radius 2 is 1.65 bits per heavy atom. The number of furan rings is 1. The van der Waals surface area contributed by atoms with E-state index in [1.807, 2.05) is 31.7 Å². The van der Waals surface area contributed by atoms with E-state index in [0.717, 1.165) is 55.4 Å². The molecular formula is C19H24N2O2. The van der Waals surface area contributed by atoms with E-state index in [1.165, 1.54) is 5.56 Å². The summed E-state index contributed by atoms with van der Waals surface area (Å²) in [5.74, 6) is 1.68. The van der Waals surface area contributed by atoms with E-state index in [9.17, 15) is 4.79 Å². The number of benzene rings is 1. The van der Waals surface area contributed by atoms with Crippen LogP contribution in [0.5, 0.6) is 0 Å². The molecule has 0 radical (unpaired) electrons. The third-order valence-electron chi connectivity index (χ3n) is 4.68. The van der Waals surface area contributed by atoms with Crippen LogP contribution in [-0.4, -0.2) is 41.9 Å². The highest BCUT2D eigenvalue weighted by molar-refractivity contribution is 5.97. The minimum Gasteiger partial charge on any atom is -0.466 e. The summed E-state index contributed by atoms with van der Waals surface area (Å²) in [5.41, 5.74) is 3.04. The van der Waals surface area contributed by atoms with Crippen molar-refractivity contribution >= 4 is 5.91 Å². The molecule has 0 atom stereocenters. The Morgan fingerprint density at radius 3 is 2.22 bits per heavy atom. The van der Waals surface area contributed by atoms with Crippen LogP contribution in [0, 0.1) is 20.8 Å². The van der Waals surface area contributed by atoms with Crippen LogP contribution in [0.4, 0.5) is 0 Å². The molecule has 1 aliphatic rings. The summed E-state index contributed by atoms with van der Waals surface area (Å²) < 4.78 is 5.60. The normalized spacial score (nSPS) is 15.9. The SMILES string of the molecule is Cc1oc(C)c(C(=O)N2CCN(Cc3ccccc3)CC2)c1C. The lowest BCUT2D eigenvalue weighted by molar-refractivity contribution is 0.0626. The summed E-state index contributed by atoms with van der Waals surface area (Å²) in [6.07, 6.45) is 0. The number of aryl methyl sites for hydroxylation is 2. The number of carbonyl (C=O) groups excluding carboxylic acids is 1. The zero-order chi connectivity index (χ0) is 16.4. The van der Waals surface area contributed by atoms with E-state index in [2.05, 4.69) is 29.2 Å². The van der Waals surface area contributed by atoms with Gasteiger partial charge in [0.1, 0.15) is 11.5 Å². The number of carbonyl (C=O) groups is 1. The first-order valence-electron chi connectivity index (χ1n) is 8.18. The molecule has 0 saturated carbocycles. The molecule has 23 heavy (non-hydrogen) atoms. The lowest BCUT2D eigenvalue weighted by Gasteiger charge is -2.34. The zero-order valence-corrected chi connectivity index (χ0v) is 14.1. The fourth-order valence-electron chi connectivity index (χ4n) is 3.22. The maximum atomic E-state index is 12.8. The number of amides is 1. The predicted molar refractivity (Wildman–Crippen MR) is 90.5 cm³/mol. The van der Waals surface area contributed by atoms with Gasteiger partial charge in [-0.3, -0.25) is 9.69 Å². The smallest absolute Gasteiger partial charge is 0.257 e. The Morgan fingerprint density at radius 1 is 1.00 bits per heavy atom. The van der Waals surface area contributed by atoms with Gasteiger partial charge in [0.25, 0.3) is 5.91 Å². The maximum absolute atomic E-state index is 12.8. The van der Waals surface area contributed by atoms with E-state index < -0.39 is 0 Å². The van der Waals surface area contributed by atoms with E-state index in [0.29, 0.717) is 0 Å². The van der Waals surface area contributed by atoms with Gasteiger partial charge >= 0.3 is 0 Å². The standard InChI is InChI=1S/C19H24N2O2/c1-14-15(2)23-16(3)18(14)19(22)21-11-9-20(10-12-21)13-17-7-5-4-6-8-17/h4-8H,9-13H2,1-3H3. The predicted octanol–water partition coefficient (Wildman–Crippen LogP) is 3.16. The molecule has 0 aliphatic carbocycles. The highest BCUT2D eigenvalue weighted by Crippen LogP contribution is 2.23. The third-order valence-corrected chi connectivity index (χ3v) is 4.68. The van der Waals surface area contributed by atoms with Crippen LogP contribution >= 0.6 is 0 Å². The molecular weight excluding hydrogens is 288 g/mol. The first-order valence-corrected chi connectivity index (χ1v) is 8.18. The lowest BCUT2D eigenvalue weighted by atomic mass is 10.1. The van der Waals surface area contributed by atoms with Gasteiger partial charge in [0.05, 0.1) is 5.56 Å². The molecule has 4 heteroatoms. The van der Waals surface area contributed by atoms with Crippen molar-refractivity contribution in [1.82, 2.24) is 9.80 Å². The molecule has 0 bridgehead atoms. The molecule has 1 fully saturated rings. The maximum Gasteiger partial charge on any atom is 0.257 e. The van der Waals surface area contributed by atoms with Gasteiger partial charge < -0.3 is 9.32 Å². The van der Waals surface area contributed by atoms with Crippen LogP contribution in [0.25, 0.3) is 0 Å². The fourth-order valence-corrected chi connectivity index (χ4v) is 3.22. The molecule has 1 aromatic carbocycles. The Balaban J connectivity index is 1.61. The molecule has 2 aromatic rings. The molecule has 3 rings (SSSR count). The van der Waals surface area contributed by atoms with Crippen LogP contribution < -0.4 is 0 Å². The van der Waals surface area contributed by atoms with Crippen LogP contribution in [0.15, 0.2) is 34.7 Å². The first-order chi connectivity index (χ1) is 11.1. The van der Waals surface area contributed by atoms with Crippen molar-refractivity contribution in [2.45, 2.75) is 27.3 Å². The van der Waals surface area contributed by atoms with Crippen molar-refractivity contribution in [3.63, 3.8) is 0 Å². The van der Waals surface area contributed by atoms with Gasteiger partial charge in [-0.2, -0.15) is 0 Å². The lowest BCUT2D eigenvalue weighted by Crippen LogP contribution is -2.48. The highest BCUT2D eigenvalue weighted by Gasteiger charge is 2.26. The van der Waals surface area contributed by atoms with Gasteiger partial charge in [0.15, 0.2) is 0 Å². The van der Waals surface area contributed by atoms with E-state index in [1.54, 1.807) is 0 Å². The third kappa shape index (κ3) is 3.32. The number of nitrogens with zero attached hydrogens (tertiary/aromatic N) is 2. The summed E-state index contributed by atoms with van der Waals surface area (Å²) in [6, 6.07) is 10.5. The van der Waals surface area contributed by atoms with Crippen molar-refractivity contribution in [2.24, 2.45) is 0 Å². The second-order valence-electron chi connectivity index (χ2n) is 6.27. The second kappa shape index (κ2) is 6.59. The fraction of sp³-hybridized carbons (Fsp3) is 0.421. The number of hydrogen-bond acceptors (Lipinski definition) is 3. The number of piperazine rings is 1. The van der Waals surface area contributed by atoms with E-state index in [4.69, 9.17) is 4.42 Å². The van der Waals surface area contributed by atoms with Crippen molar-refractivity contribution < 1.29 is 9.21 Å². The molecule has 4 nitrogen and oxygen atoms in total. The van der Waals surface area contributed by atoms with Crippen molar-refractivity contribution in [1.29, 1.82) is 0 Å². The molecule has 0 unspecified atom stereocenters. The molecule has 1 aromatic heterocycles. The molecule has 1 amide bonds. The topological polar surface area (TPSA) is 36.7 Å². The Hall–Kier alpha value is -2.07. The van der Waals surface area contributed by atoms with Crippen molar-refractivity contribution in [3.05, 3.63) is 58.5 Å². The molecule has 1 saturated heterocycles. The summed E-state index contributed by atoms with van der Waals surface area (Å²) in [4.78, 5) is 17.1. The minimum absolute atomic E-state index is 0.108. The van der Waals surface area contributed by atoms with E-state index >= 15 is 0 Å². The molecule has 2 heterocycles. The zero-order valence-electron chi connectivity index (χ0n) is 14.1. The van der Waals surface area contributed by atoms with Crippen LogP contribution in [0.3, 0.4) is 0 Å². The van der Waals surface area contributed by atoms with Gasteiger partial charge in [0.2, 0.25) is 0 Å². The summed E-state index contributed by atoms with van der Waals surface area (Å²) in [6.45, 7) is 10.1. The Labute approximate surface area is 137 Å². The van der Waals surface area contributed by atoms with Gasteiger partial charge in [-0.25, -0.2) is 0 Å². The largest absolute Gasteiger partial charge is 0.466 e. The summed E-state index contributed by atoms with van der Waals surface area (Å²) >= 11 is 0. The van der Waals surface area contributed by atoms with Gasteiger partial charge in [-0.05, 0) is 26.3 Å². The van der Waals surface area contributed by atoms with Gasteiger partial charge in [-0.15, -0.1) is 0 Å².